The highest BCUT2D eigenvalue weighted by Crippen LogP contribution is 2.50. The van der Waals surface area contributed by atoms with Gasteiger partial charge in [0.1, 0.15) is 0 Å². The summed E-state index contributed by atoms with van der Waals surface area (Å²) in [5, 5.41) is 9.96. The van der Waals surface area contributed by atoms with Crippen molar-refractivity contribution in [2.75, 3.05) is 7.11 Å². The minimum Gasteiger partial charge on any atom is -0.393 e. The lowest BCUT2D eigenvalue weighted by Gasteiger charge is -2.25. The van der Waals surface area contributed by atoms with Crippen LogP contribution in [0.15, 0.2) is 0 Å². The number of ether oxygens (including phenoxy) is 1. The summed E-state index contributed by atoms with van der Waals surface area (Å²) in [7, 11) is 1.72. The topological polar surface area (TPSA) is 29.5 Å². The van der Waals surface area contributed by atoms with E-state index in [4.69, 9.17) is 4.74 Å². The van der Waals surface area contributed by atoms with Crippen LogP contribution in [0.1, 0.15) is 45.4 Å². The smallest absolute Gasteiger partial charge is 0.0567 e. The molecular formula is C13H24O2. The molecule has 2 saturated carbocycles. The Bertz CT molecular complexity index is 205. The van der Waals surface area contributed by atoms with Gasteiger partial charge in [-0.3, -0.25) is 0 Å². The first-order chi connectivity index (χ1) is 7.19. The predicted molar refractivity (Wildman–Crippen MR) is 60.6 cm³/mol. The van der Waals surface area contributed by atoms with Gasteiger partial charge in [-0.15, -0.1) is 0 Å². The van der Waals surface area contributed by atoms with Crippen molar-refractivity contribution in [2.24, 2.45) is 17.8 Å². The van der Waals surface area contributed by atoms with Crippen molar-refractivity contribution < 1.29 is 9.84 Å². The lowest BCUT2D eigenvalue weighted by Crippen LogP contribution is -2.22. The summed E-state index contributed by atoms with van der Waals surface area (Å²) < 4.78 is 5.19. The minimum absolute atomic E-state index is 0.149. The van der Waals surface area contributed by atoms with E-state index in [9.17, 15) is 5.11 Å². The molecule has 0 aliphatic heterocycles. The molecule has 88 valence electrons. The fourth-order valence-electron chi connectivity index (χ4n) is 3.59. The molecule has 0 spiro atoms. The van der Waals surface area contributed by atoms with Crippen LogP contribution in [0.25, 0.3) is 0 Å². The molecular weight excluding hydrogens is 188 g/mol. The van der Waals surface area contributed by atoms with E-state index in [1.54, 1.807) is 7.11 Å². The van der Waals surface area contributed by atoms with E-state index >= 15 is 0 Å². The molecule has 2 fully saturated rings. The van der Waals surface area contributed by atoms with E-state index in [0.717, 1.165) is 30.6 Å². The van der Waals surface area contributed by atoms with Crippen LogP contribution in [0, 0.1) is 17.8 Å². The average Bonchev–Trinajstić information content (AvgIpc) is 2.78. The van der Waals surface area contributed by atoms with Gasteiger partial charge in [-0.1, -0.05) is 6.42 Å². The number of hydrogen-bond acceptors (Lipinski definition) is 2. The number of methoxy groups -OCH3 is 1. The Hall–Kier alpha value is -0.0800. The number of rotatable bonds is 5. The second-order valence-corrected chi connectivity index (χ2v) is 5.61. The zero-order valence-corrected chi connectivity index (χ0v) is 9.98. The quantitative estimate of drug-likeness (QED) is 0.759. The van der Waals surface area contributed by atoms with Crippen LogP contribution in [0.4, 0.5) is 0 Å². The molecule has 1 N–H and O–H groups in total. The maximum absolute atomic E-state index is 9.96. The average molecular weight is 212 g/mol. The van der Waals surface area contributed by atoms with Gasteiger partial charge >= 0.3 is 0 Å². The molecule has 2 rings (SSSR count). The monoisotopic (exact) mass is 212 g/mol. The zero-order valence-electron chi connectivity index (χ0n) is 9.98. The summed E-state index contributed by atoms with van der Waals surface area (Å²) in [6.45, 7) is 2.03. The van der Waals surface area contributed by atoms with Crippen LogP contribution >= 0.6 is 0 Å². The third-order valence-electron chi connectivity index (χ3n) is 4.47. The fraction of sp³-hybridized carbons (Fsp3) is 1.00. The van der Waals surface area contributed by atoms with Gasteiger partial charge in [0, 0.05) is 7.11 Å². The Morgan fingerprint density at radius 1 is 1.33 bits per heavy atom. The Labute approximate surface area is 93.0 Å². The molecule has 2 bridgehead atoms. The van der Waals surface area contributed by atoms with Gasteiger partial charge in [0.2, 0.25) is 0 Å². The largest absolute Gasteiger partial charge is 0.393 e. The van der Waals surface area contributed by atoms with Gasteiger partial charge in [0.05, 0.1) is 12.2 Å². The van der Waals surface area contributed by atoms with E-state index in [1.807, 2.05) is 6.92 Å². The summed E-state index contributed by atoms with van der Waals surface area (Å²) in [4.78, 5) is 0. The van der Waals surface area contributed by atoms with Crippen molar-refractivity contribution in [3.63, 3.8) is 0 Å². The van der Waals surface area contributed by atoms with E-state index < -0.39 is 0 Å². The summed E-state index contributed by atoms with van der Waals surface area (Å²) in [5.41, 5.74) is 0. The van der Waals surface area contributed by atoms with Crippen molar-refractivity contribution in [1.82, 2.24) is 0 Å². The van der Waals surface area contributed by atoms with E-state index in [0.29, 0.717) is 0 Å². The molecule has 0 aromatic rings. The maximum Gasteiger partial charge on any atom is 0.0567 e. The van der Waals surface area contributed by atoms with Crippen molar-refractivity contribution >= 4 is 0 Å². The molecule has 2 aliphatic carbocycles. The van der Waals surface area contributed by atoms with Gasteiger partial charge < -0.3 is 9.84 Å². The highest BCUT2D eigenvalue weighted by atomic mass is 16.5. The second-order valence-electron chi connectivity index (χ2n) is 5.61. The van der Waals surface area contributed by atoms with E-state index in [-0.39, 0.29) is 12.2 Å². The number of aliphatic hydroxyl groups is 1. The van der Waals surface area contributed by atoms with Crippen LogP contribution in [-0.2, 0) is 4.74 Å². The number of hydrogen-bond donors (Lipinski definition) is 1. The zero-order chi connectivity index (χ0) is 10.8. The molecule has 5 atom stereocenters. The highest BCUT2D eigenvalue weighted by molar-refractivity contribution is 4.90. The Morgan fingerprint density at radius 3 is 2.67 bits per heavy atom. The lowest BCUT2D eigenvalue weighted by atomic mass is 9.84. The van der Waals surface area contributed by atoms with Gasteiger partial charge in [-0.2, -0.15) is 0 Å². The predicted octanol–water partition coefficient (Wildman–Crippen LogP) is 2.60. The third-order valence-corrected chi connectivity index (χ3v) is 4.47. The normalized spacial score (nSPS) is 38.2. The molecule has 0 heterocycles. The molecule has 2 heteroatoms. The number of aliphatic hydroxyl groups excluding tert-OH is 1. The summed E-state index contributed by atoms with van der Waals surface area (Å²) in [6, 6.07) is 0. The summed E-state index contributed by atoms with van der Waals surface area (Å²) in [6.07, 6.45) is 7.54. The van der Waals surface area contributed by atoms with Gasteiger partial charge in [-0.05, 0) is 56.8 Å². The number of fused-ring (bicyclic) bond motifs is 2. The second kappa shape index (κ2) is 4.84. The molecule has 0 radical (unpaired) electrons. The Balaban J connectivity index is 1.72. The molecule has 15 heavy (non-hydrogen) atoms. The summed E-state index contributed by atoms with van der Waals surface area (Å²) in [5.74, 6) is 2.73. The van der Waals surface area contributed by atoms with Crippen molar-refractivity contribution in [2.45, 2.75) is 57.7 Å². The molecule has 0 aromatic heterocycles. The first kappa shape index (κ1) is 11.4. The van der Waals surface area contributed by atoms with Crippen LogP contribution in [-0.4, -0.2) is 24.4 Å². The van der Waals surface area contributed by atoms with Crippen molar-refractivity contribution in [3.05, 3.63) is 0 Å². The fourth-order valence-corrected chi connectivity index (χ4v) is 3.59. The maximum atomic E-state index is 9.96. The van der Waals surface area contributed by atoms with E-state index in [1.165, 1.54) is 25.7 Å². The van der Waals surface area contributed by atoms with Gasteiger partial charge in [-0.25, -0.2) is 0 Å². The molecule has 5 unspecified atom stereocenters. The molecule has 2 aliphatic rings. The summed E-state index contributed by atoms with van der Waals surface area (Å²) >= 11 is 0. The van der Waals surface area contributed by atoms with Crippen LogP contribution < -0.4 is 0 Å². The first-order valence-corrected chi connectivity index (χ1v) is 6.40. The minimum atomic E-state index is -0.149. The lowest BCUT2D eigenvalue weighted by molar-refractivity contribution is 0.0409. The van der Waals surface area contributed by atoms with Crippen LogP contribution in [0.2, 0.25) is 0 Å². The standard InChI is InChI=1S/C13H24O2/c1-9(15-2)5-13(14)8-12-7-10-3-4-11(12)6-10/h9-14H,3-8H2,1-2H3. The van der Waals surface area contributed by atoms with E-state index in [2.05, 4.69) is 0 Å². The molecule has 0 aromatic carbocycles. The Kier molecular flexibility index (Phi) is 3.68. The highest BCUT2D eigenvalue weighted by Gasteiger charge is 2.39. The SMILES string of the molecule is COC(C)CC(O)CC1CC2CCC1C2. The Morgan fingerprint density at radius 2 is 2.13 bits per heavy atom. The van der Waals surface area contributed by atoms with Crippen LogP contribution in [0.5, 0.6) is 0 Å². The van der Waals surface area contributed by atoms with Crippen molar-refractivity contribution in [3.8, 4) is 0 Å². The molecule has 0 saturated heterocycles. The van der Waals surface area contributed by atoms with Gasteiger partial charge in [0.25, 0.3) is 0 Å². The van der Waals surface area contributed by atoms with Crippen LogP contribution in [0.3, 0.4) is 0 Å². The van der Waals surface area contributed by atoms with Gasteiger partial charge in [0.15, 0.2) is 0 Å². The molecule has 2 nitrogen and oxygen atoms in total. The van der Waals surface area contributed by atoms with Crippen molar-refractivity contribution in [1.29, 1.82) is 0 Å². The molecule has 0 amide bonds. The third kappa shape index (κ3) is 2.73. The first-order valence-electron chi connectivity index (χ1n) is 6.40.